The molecule has 1 heterocycles. The maximum atomic E-state index is 12.4. The van der Waals surface area contributed by atoms with Crippen LogP contribution in [0.25, 0.3) is 10.2 Å². The van der Waals surface area contributed by atoms with Gasteiger partial charge in [-0.1, -0.05) is 23.5 Å². The number of nitrogens with zero attached hydrogens (tertiary/aromatic N) is 3. The summed E-state index contributed by atoms with van der Waals surface area (Å²) in [5, 5.41) is 11.1. The zero-order valence-corrected chi connectivity index (χ0v) is 14.6. The molecule has 0 bridgehead atoms. The van der Waals surface area contributed by atoms with Crippen LogP contribution in [0.3, 0.4) is 0 Å². The summed E-state index contributed by atoms with van der Waals surface area (Å²) in [6, 6.07) is 12.2. The van der Waals surface area contributed by atoms with E-state index in [1.165, 1.54) is 29.2 Å². The quantitative estimate of drug-likeness (QED) is 0.407. The van der Waals surface area contributed by atoms with Crippen LogP contribution in [-0.4, -0.2) is 21.7 Å². The molecule has 0 aliphatic heterocycles. The number of hydrogen-bond acceptors (Lipinski definition) is 5. The first kappa shape index (κ1) is 16.4. The highest BCUT2D eigenvalue weighted by Gasteiger charge is 2.17. The molecule has 0 saturated heterocycles. The van der Waals surface area contributed by atoms with Gasteiger partial charge in [0.25, 0.3) is 11.6 Å². The lowest BCUT2D eigenvalue weighted by molar-refractivity contribution is -0.387. The van der Waals surface area contributed by atoms with E-state index < -0.39 is 10.8 Å². The molecule has 6 nitrogen and oxygen atoms in total. The average Bonchev–Trinajstić information content (AvgIpc) is 2.90. The fourth-order valence-corrected chi connectivity index (χ4v) is 3.87. The van der Waals surface area contributed by atoms with Crippen LogP contribution in [0.5, 0.6) is 0 Å². The third kappa shape index (κ3) is 2.98. The number of thiazole rings is 1. The van der Waals surface area contributed by atoms with Crippen LogP contribution < -0.4 is 4.80 Å². The smallest absolute Gasteiger partial charge is 0.283 e. The predicted molar refractivity (Wildman–Crippen MR) is 95.6 cm³/mol. The van der Waals surface area contributed by atoms with Crippen molar-refractivity contribution in [3.8, 4) is 0 Å². The normalized spacial score (nSPS) is 11.8. The molecule has 0 N–H and O–H groups in total. The SMILES string of the molecule is CSc1ccc(C(=O)N=c2sc3ccccc3n2C)cc1[N+](=O)[O-]. The van der Waals surface area contributed by atoms with Crippen molar-refractivity contribution < 1.29 is 9.72 Å². The summed E-state index contributed by atoms with van der Waals surface area (Å²) in [5.41, 5.74) is 1.11. The highest BCUT2D eigenvalue weighted by Crippen LogP contribution is 2.28. The molecule has 0 unspecified atom stereocenters. The van der Waals surface area contributed by atoms with Gasteiger partial charge in [-0.2, -0.15) is 4.99 Å². The first-order valence-corrected chi connectivity index (χ1v) is 9.01. The van der Waals surface area contributed by atoms with E-state index in [9.17, 15) is 14.9 Å². The Morgan fingerprint density at radius 3 is 2.71 bits per heavy atom. The number of carbonyl (C=O) groups excluding carboxylic acids is 1. The van der Waals surface area contributed by atoms with E-state index in [4.69, 9.17) is 0 Å². The summed E-state index contributed by atoms with van der Waals surface area (Å²) in [6.07, 6.45) is 1.76. The van der Waals surface area contributed by atoms with E-state index in [0.717, 1.165) is 10.2 Å². The molecule has 0 saturated carbocycles. The van der Waals surface area contributed by atoms with E-state index in [2.05, 4.69) is 4.99 Å². The molecular weight excluding hydrogens is 346 g/mol. The minimum absolute atomic E-state index is 0.0794. The van der Waals surface area contributed by atoms with Gasteiger partial charge in [-0.25, -0.2) is 0 Å². The topological polar surface area (TPSA) is 77.5 Å². The molecule has 8 heteroatoms. The van der Waals surface area contributed by atoms with Gasteiger partial charge in [0.2, 0.25) is 0 Å². The molecule has 24 heavy (non-hydrogen) atoms. The third-order valence-corrected chi connectivity index (χ3v) is 5.43. The Kier molecular flexibility index (Phi) is 4.50. The molecule has 1 amide bonds. The highest BCUT2D eigenvalue weighted by atomic mass is 32.2. The Hall–Kier alpha value is -2.45. The second-order valence-corrected chi connectivity index (χ2v) is 6.83. The Bertz CT molecular complexity index is 1020. The van der Waals surface area contributed by atoms with E-state index in [1.807, 2.05) is 35.9 Å². The number of carbonyl (C=O) groups is 1. The van der Waals surface area contributed by atoms with Gasteiger partial charge in [0, 0.05) is 18.7 Å². The minimum Gasteiger partial charge on any atom is -0.319 e. The van der Waals surface area contributed by atoms with Crippen LogP contribution in [0.4, 0.5) is 5.69 Å². The fraction of sp³-hybridized carbons (Fsp3) is 0.125. The number of benzene rings is 2. The largest absolute Gasteiger partial charge is 0.319 e. The number of aryl methyl sites for hydroxylation is 1. The van der Waals surface area contributed by atoms with Crippen LogP contribution in [0.15, 0.2) is 52.4 Å². The molecule has 0 radical (unpaired) electrons. The van der Waals surface area contributed by atoms with Crippen molar-refractivity contribution >= 4 is 44.9 Å². The molecule has 0 fully saturated rings. The standard InChI is InChI=1S/C16H13N3O3S2/c1-18-11-5-3-4-6-14(11)24-16(18)17-15(20)10-7-8-13(23-2)12(9-10)19(21)22/h3-9H,1-2H3. The van der Waals surface area contributed by atoms with Crippen LogP contribution in [0.2, 0.25) is 0 Å². The van der Waals surface area contributed by atoms with Gasteiger partial charge in [0.1, 0.15) is 0 Å². The summed E-state index contributed by atoms with van der Waals surface area (Å²) in [6.45, 7) is 0. The van der Waals surface area contributed by atoms with Crippen molar-refractivity contribution in [2.24, 2.45) is 12.0 Å². The molecule has 0 aliphatic rings. The van der Waals surface area contributed by atoms with Crippen molar-refractivity contribution in [1.82, 2.24) is 4.57 Å². The molecule has 3 rings (SSSR count). The van der Waals surface area contributed by atoms with E-state index in [0.29, 0.717) is 9.70 Å². The van der Waals surface area contributed by atoms with Crippen LogP contribution in [0, 0.1) is 10.1 Å². The van der Waals surface area contributed by atoms with Gasteiger partial charge in [-0.3, -0.25) is 14.9 Å². The number of nitro benzene ring substituents is 1. The van der Waals surface area contributed by atoms with Gasteiger partial charge in [-0.15, -0.1) is 11.8 Å². The Labute approximate surface area is 145 Å². The van der Waals surface area contributed by atoms with Gasteiger partial charge in [0.15, 0.2) is 4.80 Å². The summed E-state index contributed by atoms with van der Waals surface area (Å²) < 4.78 is 2.86. The Morgan fingerprint density at radius 2 is 2.04 bits per heavy atom. The van der Waals surface area contributed by atoms with Gasteiger partial charge >= 0.3 is 0 Å². The van der Waals surface area contributed by atoms with Crippen molar-refractivity contribution in [3.63, 3.8) is 0 Å². The number of amides is 1. The van der Waals surface area contributed by atoms with Crippen molar-refractivity contribution in [2.75, 3.05) is 6.26 Å². The second kappa shape index (κ2) is 6.58. The molecule has 1 aromatic heterocycles. The first-order chi connectivity index (χ1) is 11.5. The molecule has 0 spiro atoms. The molecule has 3 aromatic rings. The lowest BCUT2D eigenvalue weighted by Crippen LogP contribution is -2.13. The van der Waals surface area contributed by atoms with Crippen LogP contribution >= 0.6 is 23.1 Å². The fourth-order valence-electron chi connectivity index (χ4n) is 2.31. The minimum atomic E-state index is -0.493. The Balaban J connectivity index is 2.07. The maximum Gasteiger partial charge on any atom is 0.283 e. The van der Waals surface area contributed by atoms with E-state index in [-0.39, 0.29) is 11.3 Å². The van der Waals surface area contributed by atoms with Crippen molar-refractivity contribution in [2.45, 2.75) is 4.90 Å². The van der Waals surface area contributed by atoms with Crippen LogP contribution in [-0.2, 0) is 7.05 Å². The summed E-state index contributed by atoms with van der Waals surface area (Å²) in [4.78, 5) is 28.3. The predicted octanol–water partition coefficient (Wildman–Crippen LogP) is 3.61. The Morgan fingerprint density at radius 1 is 1.29 bits per heavy atom. The molecule has 0 aliphatic carbocycles. The van der Waals surface area contributed by atoms with Gasteiger partial charge in [-0.05, 0) is 30.5 Å². The monoisotopic (exact) mass is 359 g/mol. The molecule has 2 aromatic carbocycles. The van der Waals surface area contributed by atoms with Crippen LogP contribution in [0.1, 0.15) is 10.4 Å². The van der Waals surface area contributed by atoms with Crippen molar-refractivity contribution in [1.29, 1.82) is 0 Å². The maximum absolute atomic E-state index is 12.4. The summed E-state index contributed by atoms with van der Waals surface area (Å²) in [5.74, 6) is -0.493. The zero-order chi connectivity index (χ0) is 17.3. The third-order valence-electron chi connectivity index (χ3n) is 3.53. The lowest BCUT2D eigenvalue weighted by atomic mass is 10.2. The number of rotatable bonds is 3. The molecule has 122 valence electrons. The number of thioether (sulfide) groups is 1. The molecule has 0 atom stereocenters. The van der Waals surface area contributed by atoms with Crippen molar-refractivity contribution in [3.05, 3.63) is 62.9 Å². The molecular formula is C16H13N3O3S2. The average molecular weight is 359 g/mol. The highest BCUT2D eigenvalue weighted by molar-refractivity contribution is 7.98. The lowest BCUT2D eigenvalue weighted by Gasteiger charge is -2.01. The first-order valence-electron chi connectivity index (χ1n) is 6.97. The van der Waals surface area contributed by atoms with E-state index in [1.54, 1.807) is 18.4 Å². The zero-order valence-electron chi connectivity index (χ0n) is 12.9. The summed E-state index contributed by atoms with van der Waals surface area (Å²) >= 11 is 2.67. The van der Waals surface area contributed by atoms with E-state index >= 15 is 0 Å². The number of nitro groups is 1. The number of para-hydroxylation sites is 1. The number of hydrogen-bond donors (Lipinski definition) is 0. The summed E-state index contributed by atoms with van der Waals surface area (Å²) in [7, 11) is 1.84. The second-order valence-electron chi connectivity index (χ2n) is 4.97. The van der Waals surface area contributed by atoms with Gasteiger partial charge < -0.3 is 4.57 Å². The van der Waals surface area contributed by atoms with Gasteiger partial charge in [0.05, 0.1) is 20.0 Å². The number of aromatic nitrogens is 1. The number of fused-ring (bicyclic) bond motifs is 1.